The minimum Gasteiger partial charge on any atom is -0.496 e. The van der Waals surface area contributed by atoms with Crippen LogP contribution in [-0.4, -0.2) is 27.6 Å². The van der Waals surface area contributed by atoms with E-state index in [1.54, 1.807) is 29.8 Å². The highest BCUT2D eigenvalue weighted by atomic mass is 16.5. The molecule has 138 valence electrons. The number of rotatable bonds is 5. The molecule has 0 radical (unpaired) electrons. The summed E-state index contributed by atoms with van der Waals surface area (Å²) in [6, 6.07) is 9.45. The summed E-state index contributed by atoms with van der Waals surface area (Å²) in [5, 5.41) is 12.8. The van der Waals surface area contributed by atoms with E-state index in [9.17, 15) is 9.90 Å². The fourth-order valence-corrected chi connectivity index (χ4v) is 2.78. The highest BCUT2D eigenvalue weighted by Crippen LogP contribution is 2.23. The molecule has 0 fully saturated rings. The van der Waals surface area contributed by atoms with Crippen molar-refractivity contribution in [1.29, 1.82) is 0 Å². The number of hydrogen-bond acceptors (Lipinski definition) is 4. The van der Waals surface area contributed by atoms with Crippen molar-refractivity contribution in [2.75, 3.05) is 12.4 Å². The van der Waals surface area contributed by atoms with Crippen LogP contribution in [0.25, 0.3) is 5.65 Å². The number of nitrogens with one attached hydrogen (secondary N) is 1. The van der Waals surface area contributed by atoms with E-state index in [0.717, 1.165) is 22.6 Å². The lowest BCUT2D eigenvalue weighted by Crippen LogP contribution is -2.11. The van der Waals surface area contributed by atoms with Crippen molar-refractivity contribution in [3.63, 3.8) is 0 Å². The van der Waals surface area contributed by atoms with Crippen LogP contribution in [0.4, 0.5) is 5.69 Å². The standard InChI is InChI=1S/C18H19N3O3.C2H6/c1-11-4-6-15(24-3)13(8-11)9-19-14-5-7-16-20-12(2)10-21(16)17(14)18(22)23;1-2/h4-8,10,19H,9H2,1-3H3,(H,22,23);1-2H3. The second-order valence-corrected chi connectivity index (χ2v) is 5.68. The largest absolute Gasteiger partial charge is 0.496 e. The van der Waals surface area contributed by atoms with Crippen LogP contribution in [0.1, 0.15) is 41.2 Å². The van der Waals surface area contributed by atoms with Gasteiger partial charge < -0.3 is 15.2 Å². The molecule has 0 aliphatic heterocycles. The topological polar surface area (TPSA) is 75.9 Å². The number of hydrogen-bond donors (Lipinski definition) is 2. The maximum absolute atomic E-state index is 11.7. The van der Waals surface area contributed by atoms with Crippen LogP contribution < -0.4 is 10.1 Å². The molecular weight excluding hydrogens is 330 g/mol. The predicted molar refractivity (Wildman–Crippen MR) is 103 cm³/mol. The molecule has 0 bridgehead atoms. The predicted octanol–water partition coefficient (Wildman–Crippen LogP) is 4.30. The highest BCUT2D eigenvalue weighted by Gasteiger charge is 2.16. The molecule has 2 heterocycles. The molecule has 1 aromatic carbocycles. The van der Waals surface area contributed by atoms with Gasteiger partial charge in [-0.15, -0.1) is 0 Å². The van der Waals surface area contributed by atoms with Crippen LogP contribution in [0.2, 0.25) is 0 Å². The number of pyridine rings is 1. The molecule has 2 N–H and O–H groups in total. The molecule has 0 saturated heterocycles. The van der Waals surface area contributed by atoms with E-state index in [4.69, 9.17) is 4.74 Å². The molecule has 0 saturated carbocycles. The fourth-order valence-electron chi connectivity index (χ4n) is 2.78. The first kappa shape index (κ1) is 19.3. The Hall–Kier alpha value is -3.02. The molecule has 26 heavy (non-hydrogen) atoms. The Balaban J connectivity index is 0.00000117. The number of aromatic nitrogens is 2. The van der Waals surface area contributed by atoms with Gasteiger partial charge in [-0.1, -0.05) is 31.5 Å². The second-order valence-electron chi connectivity index (χ2n) is 5.68. The van der Waals surface area contributed by atoms with Crippen molar-refractivity contribution >= 4 is 17.3 Å². The number of carboxylic acid groups (broad SMARTS) is 1. The maximum Gasteiger partial charge on any atom is 0.355 e. The van der Waals surface area contributed by atoms with Crippen molar-refractivity contribution in [2.45, 2.75) is 34.2 Å². The summed E-state index contributed by atoms with van der Waals surface area (Å²) in [5.74, 6) is -0.235. The molecular formula is C20H25N3O3. The van der Waals surface area contributed by atoms with Crippen molar-refractivity contribution in [1.82, 2.24) is 9.38 Å². The molecule has 0 atom stereocenters. The monoisotopic (exact) mass is 355 g/mol. The first-order chi connectivity index (χ1) is 12.5. The van der Waals surface area contributed by atoms with Crippen LogP contribution in [0, 0.1) is 13.8 Å². The Labute approximate surface area is 153 Å². The number of carboxylic acids is 1. The Morgan fingerprint density at radius 3 is 2.62 bits per heavy atom. The van der Waals surface area contributed by atoms with E-state index in [0.29, 0.717) is 17.9 Å². The van der Waals surface area contributed by atoms with Gasteiger partial charge in [0.05, 0.1) is 18.5 Å². The van der Waals surface area contributed by atoms with Gasteiger partial charge in [-0.25, -0.2) is 9.78 Å². The molecule has 6 heteroatoms. The number of imidazole rings is 1. The van der Waals surface area contributed by atoms with Gasteiger partial charge in [-0.05, 0) is 32.0 Å². The van der Waals surface area contributed by atoms with Crippen LogP contribution in [0.3, 0.4) is 0 Å². The lowest BCUT2D eigenvalue weighted by atomic mass is 10.1. The second kappa shape index (κ2) is 8.38. The van der Waals surface area contributed by atoms with Crippen molar-refractivity contribution < 1.29 is 14.6 Å². The average Bonchev–Trinajstić information content (AvgIpc) is 3.01. The van der Waals surface area contributed by atoms with Crippen molar-refractivity contribution in [3.05, 3.63) is 59.0 Å². The maximum atomic E-state index is 11.7. The van der Waals surface area contributed by atoms with Gasteiger partial charge in [0.2, 0.25) is 0 Å². The Morgan fingerprint density at radius 2 is 1.96 bits per heavy atom. The van der Waals surface area contributed by atoms with Gasteiger partial charge in [0, 0.05) is 18.3 Å². The summed E-state index contributed by atoms with van der Waals surface area (Å²) in [6.07, 6.45) is 1.72. The van der Waals surface area contributed by atoms with E-state index in [1.807, 2.05) is 45.9 Å². The number of aryl methyl sites for hydroxylation is 2. The minimum absolute atomic E-state index is 0.166. The molecule has 0 unspecified atom stereocenters. The number of ether oxygens (including phenoxy) is 1. The first-order valence-corrected chi connectivity index (χ1v) is 8.59. The van der Waals surface area contributed by atoms with Crippen LogP contribution >= 0.6 is 0 Å². The van der Waals surface area contributed by atoms with Crippen LogP contribution in [-0.2, 0) is 6.54 Å². The van der Waals surface area contributed by atoms with Gasteiger partial charge in [0.15, 0.2) is 5.69 Å². The van der Waals surface area contributed by atoms with Crippen LogP contribution in [0.5, 0.6) is 5.75 Å². The van der Waals surface area contributed by atoms with Crippen molar-refractivity contribution in [2.24, 2.45) is 0 Å². The van der Waals surface area contributed by atoms with Gasteiger partial charge >= 0.3 is 5.97 Å². The Kier molecular flexibility index (Phi) is 6.22. The SMILES string of the molecule is CC.COc1ccc(C)cc1CNc1ccc2nc(C)cn2c1C(=O)O. The molecule has 3 rings (SSSR count). The minimum atomic E-state index is -1.00. The molecule has 6 nitrogen and oxygen atoms in total. The third kappa shape index (κ3) is 3.96. The first-order valence-electron chi connectivity index (χ1n) is 8.59. The van der Waals surface area contributed by atoms with Gasteiger partial charge in [-0.2, -0.15) is 0 Å². The smallest absolute Gasteiger partial charge is 0.355 e. The fraction of sp³-hybridized carbons (Fsp3) is 0.300. The summed E-state index contributed by atoms with van der Waals surface area (Å²) in [5.41, 5.74) is 4.18. The third-order valence-corrected chi connectivity index (χ3v) is 3.86. The van der Waals surface area contributed by atoms with E-state index < -0.39 is 5.97 Å². The lowest BCUT2D eigenvalue weighted by molar-refractivity contribution is 0.0690. The van der Waals surface area contributed by atoms with E-state index in [-0.39, 0.29) is 5.69 Å². The number of nitrogens with zero attached hydrogens (tertiary/aromatic N) is 2. The normalized spacial score (nSPS) is 10.2. The summed E-state index contributed by atoms with van der Waals surface area (Å²) in [7, 11) is 1.62. The Morgan fingerprint density at radius 1 is 1.23 bits per heavy atom. The van der Waals surface area contributed by atoms with Crippen molar-refractivity contribution in [3.8, 4) is 5.75 Å². The Bertz CT molecular complexity index is 916. The molecule has 0 aliphatic rings. The molecule has 0 spiro atoms. The number of carbonyl (C=O) groups is 1. The third-order valence-electron chi connectivity index (χ3n) is 3.86. The number of fused-ring (bicyclic) bond motifs is 1. The molecule has 0 amide bonds. The molecule has 2 aromatic heterocycles. The average molecular weight is 355 g/mol. The number of anilines is 1. The molecule has 3 aromatic rings. The highest BCUT2D eigenvalue weighted by molar-refractivity contribution is 5.93. The summed E-state index contributed by atoms with van der Waals surface area (Å²) in [4.78, 5) is 16.0. The summed E-state index contributed by atoms with van der Waals surface area (Å²) < 4.78 is 6.96. The number of methoxy groups -OCH3 is 1. The lowest BCUT2D eigenvalue weighted by Gasteiger charge is -2.14. The zero-order valence-corrected chi connectivity index (χ0v) is 15.8. The van der Waals surface area contributed by atoms with Gasteiger partial charge in [0.25, 0.3) is 0 Å². The van der Waals surface area contributed by atoms with E-state index >= 15 is 0 Å². The summed E-state index contributed by atoms with van der Waals surface area (Å²) in [6.45, 7) is 8.31. The molecule has 0 aliphatic carbocycles. The van der Waals surface area contributed by atoms with Crippen LogP contribution in [0.15, 0.2) is 36.5 Å². The van der Waals surface area contributed by atoms with E-state index in [1.165, 1.54) is 0 Å². The summed E-state index contributed by atoms with van der Waals surface area (Å²) >= 11 is 0. The number of aromatic carboxylic acids is 1. The quantitative estimate of drug-likeness (QED) is 0.714. The zero-order chi connectivity index (χ0) is 19.3. The number of benzene rings is 1. The van der Waals surface area contributed by atoms with Gasteiger partial charge in [0.1, 0.15) is 11.4 Å². The zero-order valence-electron chi connectivity index (χ0n) is 15.8. The van der Waals surface area contributed by atoms with E-state index in [2.05, 4.69) is 10.3 Å². The van der Waals surface area contributed by atoms with Gasteiger partial charge in [-0.3, -0.25) is 4.40 Å².